The molecule has 1 aromatic rings. The average Bonchev–Trinajstić information content (AvgIpc) is 2.65. The van der Waals surface area contributed by atoms with Crippen LogP contribution in [0.1, 0.15) is 37.0 Å². The van der Waals surface area contributed by atoms with E-state index in [4.69, 9.17) is 9.47 Å². The van der Waals surface area contributed by atoms with Gasteiger partial charge in [-0.3, -0.25) is 19.7 Å². The van der Waals surface area contributed by atoms with E-state index in [0.29, 0.717) is 18.9 Å². The maximum atomic E-state index is 12.1. The lowest BCUT2D eigenvalue weighted by atomic mass is 10.2. The molecule has 0 saturated heterocycles. The Kier molecular flexibility index (Phi) is 9.98. The van der Waals surface area contributed by atoms with Crippen molar-refractivity contribution in [3.05, 3.63) is 29.8 Å². The molecule has 0 aliphatic rings. The summed E-state index contributed by atoms with van der Waals surface area (Å²) in [6, 6.07) is 5.96. The Hall–Kier alpha value is -3.10. The standard InChI is InChI=1S/C18H25N3O6/c1-3-5-10-19-18(25)21-15(22)12-27-16(23)11-20-17(24)13-8-6-7-9-14(13)26-4-2/h6-9H,3-5,10-12H2,1-2H3,(H,20,24)(H2,19,21,22,25). The van der Waals surface area contributed by atoms with Gasteiger partial charge in [0.1, 0.15) is 12.3 Å². The van der Waals surface area contributed by atoms with E-state index in [1.54, 1.807) is 31.2 Å². The Bertz CT molecular complexity index is 662. The molecule has 0 unspecified atom stereocenters. The predicted octanol–water partition coefficient (Wildman–Crippen LogP) is 0.984. The SMILES string of the molecule is CCCCNC(=O)NC(=O)COC(=O)CNC(=O)c1ccccc1OCC. The van der Waals surface area contributed by atoms with E-state index in [-0.39, 0.29) is 5.56 Å². The van der Waals surface area contributed by atoms with Crippen molar-refractivity contribution in [1.29, 1.82) is 0 Å². The number of urea groups is 1. The molecule has 9 heteroatoms. The summed E-state index contributed by atoms with van der Waals surface area (Å²) in [6.45, 7) is 3.57. The fraction of sp³-hybridized carbons (Fsp3) is 0.444. The fourth-order valence-electron chi connectivity index (χ4n) is 1.97. The third-order valence-electron chi connectivity index (χ3n) is 3.26. The average molecular weight is 379 g/mol. The number of unbranched alkanes of at least 4 members (excludes halogenated alkanes) is 1. The molecule has 9 nitrogen and oxygen atoms in total. The van der Waals surface area contributed by atoms with Crippen molar-refractivity contribution in [1.82, 2.24) is 16.0 Å². The smallest absolute Gasteiger partial charge is 0.325 e. The number of para-hydroxylation sites is 1. The van der Waals surface area contributed by atoms with Gasteiger partial charge in [-0.25, -0.2) is 4.79 Å². The van der Waals surface area contributed by atoms with Crippen LogP contribution in [-0.4, -0.2) is 50.1 Å². The Morgan fingerprint density at radius 3 is 2.48 bits per heavy atom. The van der Waals surface area contributed by atoms with Crippen molar-refractivity contribution in [2.45, 2.75) is 26.7 Å². The summed E-state index contributed by atoms with van der Waals surface area (Å²) in [4.78, 5) is 46.7. The van der Waals surface area contributed by atoms with Gasteiger partial charge < -0.3 is 20.1 Å². The van der Waals surface area contributed by atoms with Gasteiger partial charge in [-0.2, -0.15) is 0 Å². The molecule has 0 aliphatic heterocycles. The predicted molar refractivity (Wildman–Crippen MR) is 97.4 cm³/mol. The maximum Gasteiger partial charge on any atom is 0.325 e. The molecule has 0 aromatic heterocycles. The highest BCUT2D eigenvalue weighted by Gasteiger charge is 2.15. The molecule has 27 heavy (non-hydrogen) atoms. The second-order valence-corrected chi connectivity index (χ2v) is 5.43. The number of rotatable bonds is 10. The van der Waals surface area contributed by atoms with Crippen LogP contribution in [0, 0.1) is 0 Å². The molecule has 0 bridgehead atoms. The van der Waals surface area contributed by atoms with Crippen molar-refractivity contribution in [3.8, 4) is 5.75 Å². The first-order valence-electron chi connectivity index (χ1n) is 8.71. The van der Waals surface area contributed by atoms with Gasteiger partial charge in [-0.15, -0.1) is 0 Å². The summed E-state index contributed by atoms with van der Waals surface area (Å²) in [5.41, 5.74) is 0.286. The number of amides is 4. The third kappa shape index (κ3) is 8.70. The monoisotopic (exact) mass is 379 g/mol. The highest BCUT2D eigenvalue weighted by Crippen LogP contribution is 2.17. The van der Waals surface area contributed by atoms with Crippen molar-refractivity contribution in [2.75, 3.05) is 26.3 Å². The maximum absolute atomic E-state index is 12.1. The van der Waals surface area contributed by atoms with E-state index in [1.165, 1.54) is 0 Å². The van der Waals surface area contributed by atoms with Crippen LogP contribution >= 0.6 is 0 Å². The number of carbonyl (C=O) groups excluding carboxylic acids is 4. The van der Waals surface area contributed by atoms with Crippen molar-refractivity contribution in [2.24, 2.45) is 0 Å². The zero-order valence-corrected chi connectivity index (χ0v) is 15.5. The first-order valence-corrected chi connectivity index (χ1v) is 8.71. The van der Waals surface area contributed by atoms with Gasteiger partial charge in [0.05, 0.1) is 12.2 Å². The first kappa shape index (κ1) is 21.9. The second kappa shape index (κ2) is 12.3. The summed E-state index contributed by atoms with van der Waals surface area (Å²) in [7, 11) is 0. The Labute approximate surface area is 157 Å². The van der Waals surface area contributed by atoms with Crippen molar-refractivity contribution in [3.63, 3.8) is 0 Å². The summed E-state index contributed by atoms with van der Waals surface area (Å²) in [5, 5.41) is 6.92. The molecule has 0 spiro atoms. The molecule has 0 radical (unpaired) electrons. The number of nitrogens with one attached hydrogen (secondary N) is 3. The number of carbonyl (C=O) groups is 4. The van der Waals surface area contributed by atoms with Crippen LogP contribution in [0.25, 0.3) is 0 Å². The molecular formula is C18H25N3O6. The molecular weight excluding hydrogens is 354 g/mol. The van der Waals surface area contributed by atoms with E-state index >= 15 is 0 Å². The summed E-state index contributed by atoms with van der Waals surface area (Å²) >= 11 is 0. The molecule has 4 amide bonds. The molecule has 1 aromatic carbocycles. The Balaban J connectivity index is 2.33. The molecule has 0 heterocycles. The van der Waals surface area contributed by atoms with Crippen LogP contribution in [0.3, 0.4) is 0 Å². The van der Waals surface area contributed by atoms with Crippen LogP contribution in [0.15, 0.2) is 24.3 Å². The number of hydrogen-bond acceptors (Lipinski definition) is 6. The molecule has 148 valence electrons. The summed E-state index contributed by atoms with van der Waals surface area (Å²) < 4.78 is 10.1. The van der Waals surface area contributed by atoms with Gasteiger partial charge in [-0.1, -0.05) is 25.5 Å². The van der Waals surface area contributed by atoms with Gasteiger partial charge in [-0.05, 0) is 25.5 Å². The first-order chi connectivity index (χ1) is 13.0. The van der Waals surface area contributed by atoms with Gasteiger partial charge in [0, 0.05) is 6.54 Å². The lowest BCUT2D eigenvalue weighted by molar-refractivity contribution is -0.147. The normalized spacial score (nSPS) is 9.85. The zero-order chi connectivity index (χ0) is 20.1. The van der Waals surface area contributed by atoms with Crippen LogP contribution in [-0.2, 0) is 14.3 Å². The quantitative estimate of drug-likeness (QED) is 0.411. The van der Waals surface area contributed by atoms with Crippen molar-refractivity contribution < 1.29 is 28.7 Å². The largest absolute Gasteiger partial charge is 0.493 e. The number of imide groups is 1. The topological polar surface area (TPSA) is 123 Å². The Morgan fingerprint density at radius 1 is 1.04 bits per heavy atom. The number of ether oxygens (including phenoxy) is 2. The number of esters is 1. The van der Waals surface area contributed by atoms with Gasteiger partial charge in [0.15, 0.2) is 6.61 Å². The molecule has 0 saturated carbocycles. The van der Waals surface area contributed by atoms with Gasteiger partial charge in [0.25, 0.3) is 11.8 Å². The fourth-order valence-corrected chi connectivity index (χ4v) is 1.97. The van der Waals surface area contributed by atoms with E-state index in [0.717, 1.165) is 12.8 Å². The van der Waals surface area contributed by atoms with E-state index in [1.807, 2.05) is 12.2 Å². The lowest BCUT2D eigenvalue weighted by Crippen LogP contribution is -2.42. The van der Waals surface area contributed by atoms with Crippen molar-refractivity contribution >= 4 is 23.8 Å². The molecule has 3 N–H and O–H groups in total. The molecule has 0 aliphatic carbocycles. The van der Waals surface area contributed by atoms with Crippen LogP contribution in [0.5, 0.6) is 5.75 Å². The number of benzene rings is 1. The minimum atomic E-state index is -0.807. The highest BCUT2D eigenvalue weighted by molar-refractivity contribution is 5.98. The number of hydrogen-bond donors (Lipinski definition) is 3. The van der Waals surface area contributed by atoms with Gasteiger partial charge in [0.2, 0.25) is 0 Å². The minimum Gasteiger partial charge on any atom is -0.493 e. The van der Waals surface area contributed by atoms with Gasteiger partial charge >= 0.3 is 12.0 Å². The van der Waals surface area contributed by atoms with E-state index < -0.39 is 37.0 Å². The zero-order valence-electron chi connectivity index (χ0n) is 15.5. The third-order valence-corrected chi connectivity index (χ3v) is 3.26. The Morgan fingerprint density at radius 2 is 1.78 bits per heavy atom. The van der Waals surface area contributed by atoms with E-state index in [9.17, 15) is 19.2 Å². The minimum absolute atomic E-state index is 0.286. The van der Waals surface area contributed by atoms with Crippen LogP contribution < -0.4 is 20.7 Å². The van der Waals surface area contributed by atoms with Crippen LogP contribution in [0.2, 0.25) is 0 Å². The highest BCUT2D eigenvalue weighted by atomic mass is 16.5. The molecule has 0 fully saturated rings. The molecule has 1 rings (SSSR count). The van der Waals surface area contributed by atoms with E-state index in [2.05, 4.69) is 10.6 Å². The van der Waals surface area contributed by atoms with Crippen LogP contribution in [0.4, 0.5) is 4.79 Å². The second-order valence-electron chi connectivity index (χ2n) is 5.43. The summed E-state index contributed by atoms with van der Waals surface area (Å²) in [6.07, 6.45) is 1.70. The summed E-state index contributed by atoms with van der Waals surface area (Å²) in [5.74, 6) is -1.67. The lowest BCUT2D eigenvalue weighted by Gasteiger charge is -2.10. The molecule has 0 atom stereocenters.